The van der Waals surface area contributed by atoms with Gasteiger partial charge in [-0.15, -0.1) is 0 Å². The highest BCUT2D eigenvalue weighted by Crippen LogP contribution is 2.35. The monoisotopic (exact) mass is 269 g/mol. The Morgan fingerprint density at radius 3 is 2.53 bits per heavy atom. The molecule has 17 heavy (non-hydrogen) atoms. The third kappa shape index (κ3) is 2.02. The Balaban J connectivity index is 2.80. The summed E-state index contributed by atoms with van der Waals surface area (Å²) in [6, 6.07) is 6.89. The molecule has 0 heterocycles. The lowest BCUT2D eigenvalue weighted by Crippen LogP contribution is -1.89. The van der Waals surface area contributed by atoms with Crippen molar-refractivity contribution in [3.63, 3.8) is 0 Å². The Bertz CT molecular complexity index is 750. The first kappa shape index (κ1) is 11.6. The Morgan fingerprint density at radius 1 is 1.24 bits per heavy atom. The molecule has 0 aliphatic carbocycles. The lowest BCUT2D eigenvalue weighted by Gasteiger charge is -2.00. The van der Waals surface area contributed by atoms with Crippen molar-refractivity contribution in [1.29, 1.82) is 5.39 Å². The molecule has 0 aliphatic heterocycles. The smallest absolute Gasteiger partial charge is 0.426 e. The third-order valence-corrected chi connectivity index (χ3v) is 3.68. The second-order valence-corrected chi connectivity index (χ2v) is 5.92. The first-order chi connectivity index (χ1) is 7.93. The zero-order valence-electron chi connectivity index (χ0n) is 8.33. The fourth-order valence-electron chi connectivity index (χ4n) is 1.51. The zero-order chi connectivity index (χ0) is 12.6. The fourth-order valence-corrected chi connectivity index (χ4v) is 2.30. The van der Waals surface area contributed by atoms with Gasteiger partial charge in [-0.2, -0.15) is 0 Å². The van der Waals surface area contributed by atoms with E-state index in [-0.39, 0.29) is 16.3 Å². The van der Waals surface area contributed by atoms with E-state index in [0.29, 0.717) is 10.8 Å². The fraction of sp³-hybridized carbons (Fsp3) is 0. The number of nitrogens with zero attached hydrogens (tertiary/aromatic N) is 2. The van der Waals surface area contributed by atoms with Gasteiger partial charge in [0.05, 0.1) is 4.90 Å². The Labute approximate surface area is 101 Å². The van der Waals surface area contributed by atoms with Gasteiger partial charge in [0.25, 0.3) is 9.05 Å². The molecule has 0 atom stereocenters. The van der Waals surface area contributed by atoms with Crippen LogP contribution in [0.3, 0.4) is 0 Å². The van der Waals surface area contributed by atoms with Gasteiger partial charge in [-0.25, -0.2) is 8.42 Å². The van der Waals surface area contributed by atoms with E-state index >= 15 is 0 Å². The van der Waals surface area contributed by atoms with E-state index in [1.807, 2.05) is 0 Å². The summed E-state index contributed by atoms with van der Waals surface area (Å²) >= 11 is 0. The van der Waals surface area contributed by atoms with Gasteiger partial charge in [-0.3, -0.25) is 0 Å². The molecule has 2 aromatic rings. The molecule has 1 N–H and O–H groups in total. The number of aromatic hydroxyl groups is 1. The average molecular weight is 270 g/mol. The molecule has 0 radical (unpaired) electrons. The summed E-state index contributed by atoms with van der Waals surface area (Å²) in [4.78, 5) is 2.84. The molecule has 0 saturated carbocycles. The Kier molecular flexibility index (Phi) is 2.65. The maximum Gasteiger partial charge on any atom is 0.426 e. The van der Waals surface area contributed by atoms with Crippen LogP contribution in [-0.4, -0.2) is 13.5 Å². The lowest BCUT2D eigenvalue weighted by atomic mass is 10.1. The topological polar surface area (TPSA) is 82.5 Å². The van der Waals surface area contributed by atoms with Crippen molar-refractivity contribution in [2.24, 2.45) is 0 Å². The number of hydrogen-bond donors (Lipinski definition) is 1. The quantitative estimate of drug-likeness (QED) is 0.637. The predicted octanol–water partition coefficient (Wildman–Crippen LogP) is 2.96. The van der Waals surface area contributed by atoms with E-state index in [0.717, 1.165) is 0 Å². The summed E-state index contributed by atoms with van der Waals surface area (Å²) in [6.45, 7) is 0. The van der Waals surface area contributed by atoms with E-state index in [2.05, 4.69) is 4.98 Å². The molecular formula is C10H6ClN2O3S+. The van der Waals surface area contributed by atoms with Crippen molar-refractivity contribution in [1.82, 2.24) is 0 Å². The molecule has 2 aromatic carbocycles. The number of hydrogen-bond acceptors (Lipinski definition) is 4. The number of phenols is 1. The summed E-state index contributed by atoms with van der Waals surface area (Å²) in [5, 5.41) is 19.2. The van der Waals surface area contributed by atoms with E-state index in [1.54, 1.807) is 0 Å². The molecule has 7 heteroatoms. The molecular weight excluding hydrogens is 264 g/mol. The van der Waals surface area contributed by atoms with Crippen LogP contribution in [0.25, 0.3) is 15.7 Å². The van der Waals surface area contributed by atoms with E-state index in [9.17, 15) is 13.5 Å². The largest absolute Gasteiger partial charge is 0.501 e. The third-order valence-electron chi connectivity index (χ3n) is 2.33. The van der Waals surface area contributed by atoms with Crippen molar-refractivity contribution in [3.8, 4) is 5.75 Å². The molecule has 0 aliphatic rings. The second-order valence-electron chi connectivity index (χ2n) is 3.35. The lowest BCUT2D eigenvalue weighted by molar-refractivity contribution is 0.484. The maximum absolute atomic E-state index is 11.1. The molecule has 0 fully saturated rings. The van der Waals surface area contributed by atoms with Crippen LogP contribution in [0.5, 0.6) is 5.75 Å². The van der Waals surface area contributed by atoms with Crippen LogP contribution in [0.2, 0.25) is 0 Å². The van der Waals surface area contributed by atoms with Crippen molar-refractivity contribution in [3.05, 3.63) is 35.3 Å². The van der Waals surface area contributed by atoms with Crippen LogP contribution >= 0.6 is 10.7 Å². The molecule has 0 aromatic heterocycles. The molecule has 0 bridgehead atoms. The maximum atomic E-state index is 11.1. The highest BCUT2D eigenvalue weighted by Gasteiger charge is 2.17. The predicted molar refractivity (Wildman–Crippen MR) is 63.4 cm³/mol. The van der Waals surface area contributed by atoms with E-state index in [4.69, 9.17) is 16.1 Å². The highest BCUT2D eigenvalue weighted by molar-refractivity contribution is 8.13. The van der Waals surface area contributed by atoms with Crippen LogP contribution in [0, 0.1) is 5.39 Å². The summed E-state index contributed by atoms with van der Waals surface area (Å²) in [5.74, 6) is -0.219. The standard InChI is InChI=1S/C10H5ClN2O3S/c11-17(15,16)7-2-3-8-6(5-7)1-4-9(13-12)10(8)14/h1-5H/p+1. The van der Waals surface area contributed by atoms with Gasteiger partial charge in [-0.1, -0.05) is 0 Å². The highest BCUT2D eigenvalue weighted by atomic mass is 35.7. The minimum Gasteiger partial charge on any atom is -0.501 e. The number of benzene rings is 2. The minimum absolute atomic E-state index is 0.0129. The zero-order valence-corrected chi connectivity index (χ0v) is 9.90. The first-order valence-corrected chi connectivity index (χ1v) is 6.80. The summed E-state index contributed by atoms with van der Waals surface area (Å²) in [6.07, 6.45) is 0. The van der Waals surface area contributed by atoms with Gasteiger partial charge >= 0.3 is 5.69 Å². The molecule has 0 amide bonds. The summed E-state index contributed by atoms with van der Waals surface area (Å²) in [5.41, 5.74) is 0.0129. The van der Waals surface area contributed by atoms with Crippen LogP contribution in [0.4, 0.5) is 5.69 Å². The number of rotatable bonds is 1. The van der Waals surface area contributed by atoms with E-state index < -0.39 is 9.05 Å². The Morgan fingerprint density at radius 2 is 1.94 bits per heavy atom. The van der Waals surface area contributed by atoms with Gasteiger partial charge in [0.1, 0.15) is 0 Å². The summed E-state index contributed by atoms with van der Waals surface area (Å²) in [7, 11) is 1.40. The normalized spacial score (nSPS) is 11.3. The van der Waals surface area contributed by atoms with Crippen molar-refractivity contribution >= 4 is 36.2 Å². The molecule has 5 nitrogen and oxygen atoms in total. The van der Waals surface area contributed by atoms with Crippen LogP contribution in [0.1, 0.15) is 0 Å². The van der Waals surface area contributed by atoms with Gasteiger partial charge < -0.3 is 5.11 Å². The molecule has 0 saturated heterocycles. The average Bonchev–Trinajstić information content (AvgIpc) is 2.28. The molecule has 2 rings (SSSR count). The number of fused-ring (bicyclic) bond motifs is 1. The number of diazo groups is 1. The van der Waals surface area contributed by atoms with Crippen molar-refractivity contribution in [2.75, 3.05) is 0 Å². The number of halogens is 1. The van der Waals surface area contributed by atoms with E-state index in [1.165, 1.54) is 30.3 Å². The molecule has 0 unspecified atom stereocenters. The van der Waals surface area contributed by atoms with Gasteiger partial charge in [0.2, 0.25) is 11.1 Å². The van der Waals surface area contributed by atoms with Gasteiger partial charge in [-0.05, 0) is 29.7 Å². The van der Waals surface area contributed by atoms with Crippen LogP contribution in [0.15, 0.2) is 35.2 Å². The van der Waals surface area contributed by atoms with Gasteiger partial charge in [0, 0.05) is 22.1 Å². The van der Waals surface area contributed by atoms with Crippen molar-refractivity contribution in [2.45, 2.75) is 4.90 Å². The SMILES string of the molecule is N#[N+]c1ccc2cc(S(=O)(=O)Cl)ccc2c1O. The molecule has 0 spiro atoms. The summed E-state index contributed by atoms with van der Waals surface area (Å²) < 4.78 is 22.3. The number of phenolic OH excluding ortho intramolecular Hbond substituents is 1. The van der Waals surface area contributed by atoms with Gasteiger partial charge in [0.15, 0.2) is 4.98 Å². The molecule has 86 valence electrons. The minimum atomic E-state index is -3.81. The van der Waals surface area contributed by atoms with Crippen LogP contribution < -0.4 is 0 Å². The first-order valence-electron chi connectivity index (χ1n) is 4.49. The van der Waals surface area contributed by atoms with Crippen LogP contribution in [-0.2, 0) is 9.05 Å². The van der Waals surface area contributed by atoms with Crippen molar-refractivity contribution < 1.29 is 13.5 Å². The Hall–Kier alpha value is -1.84. The second kappa shape index (κ2) is 3.87.